The van der Waals surface area contributed by atoms with Crippen molar-refractivity contribution >= 4 is 11.6 Å². The van der Waals surface area contributed by atoms with Crippen molar-refractivity contribution in [3.8, 4) is 17.6 Å². The molecule has 0 bridgehead atoms. The number of rotatable bonds is 3. The standard InChI is InChI=1S/C18H16N2O3/c1-12-8-16-17(23-7-6-22-16)9-14(12)10-18(21)20-15-5-3-2-4-13(15)11-19/h2-5,8-9H,6-7,10H2,1H3,(H,20,21). The number of carbonyl (C=O) groups excluding carboxylic acids is 1. The van der Waals surface area contributed by atoms with Gasteiger partial charge >= 0.3 is 0 Å². The van der Waals surface area contributed by atoms with Gasteiger partial charge in [-0.25, -0.2) is 0 Å². The molecule has 0 aliphatic carbocycles. The number of fused-ring (bicyclic) bond motifs is 1. The van der Waals surface area contributed by atoms with Gasteiger partial charge in [0, 0.05) is 0 Å². The fourth-order valence-electron chi connectivity index (χ4n) is 2.48. The molecule has 0 saturated carbocycles. The molecule has 1 amide bonds. The largest absolute Gasteiger partial charge is 0.486 e. The second-order valence-electron chi connectivity index (χ2n) is 5.30. The lowest BCUT2D eigenvalue weighted by Gasteiger charge is -2.20. The highest BCUT2D eigenvalue weighted by Gasteiger charge is 2.16. The van der Waals surface area contributed by atoms with Gasteiger partial charge in [-0.15, -0.1) is 0 Å². The van der Waals surface area contributed by atoms with E-state index in [2.05, 4.69) is 11.4 Å². The van der Waals surface area contributed by atoms with Crippen LogP contribution in [0.4, 0.5) is 5.69 Å². The lowest BCUT2D eigenvalue weighted by atomic mass is 10.0. The van der Waals surface area contributed by atoms with Crippen molar-refractivity contribution in [1.82, 2.24) is 0 Å². The smallest absolute Gasteiger partial charge is 0.228 e. The Bertz CT molecular complexity index is 793. The monoisotopic (exact) mass is 308 g/mol. The molecule has 23 heavy (non-hydrogen) atoms. The van der Waals surface area contributed by atoms with Gasteiger partial charge in [0.1, 0.15) is 19.3 Å². The van der Waals surface area contributed by atoms with Crippen LogP contribution in [0, 0.1) is 18.3 Å². The summed E-state index contributed by atoms with van der Waals surface area (Å²) in [6.45, 7) is 2.98. The van der Waals surface area contributed by atoms with E-state index in [1.54, 1.807) is 24.3 Å². The number of nitrogens with zero attached hydrogens (tertiary/aromatic N) is 1. The summed E-state index contributed by atoms with van der Waals surface area (Å²) in [5.41, 5.74) is 2.81. The van der Waals surface area contributed by atoms with Crippen LogP contribution in [0.2, 0.25) is 0 Å². The summed E-state index contributed by atoms with van der Waals surface area (Å²) in [4.78, 5) is 12.3. The lowest BCUT2D eigenvalue weighted by Crippen LogP contribution is -2.18. The molecule has 0 saturated heterocycles. The van der Waals surface area contributed by atoms with Gasteiger partial charge < -0.3 is 14.8 Å². The van der Waals surface area contributed by atoms with Crippen LogP contribution < -0.4 is 14.8 Å². The molecule has 0 fully saturated rings. The Morgan fingerprint density at radius 1 is 1.22 bits per heavy atom. The second kappa shape index (κ2) is 6.41. The van der Waals surface area contributed by atoms with Crippen LogP contribution in [-0.4, -0.2) is 19.1 Å². The van der Waals surface area contributed by atoms with E-state index in [4.69, 9.17) is 14.7 Å². The molecule has 5 heteroatoms. The highest BCUT2D eigenvalue weighted by atomic mass is 16.6. The quantitative estimate of drug-likeness (QED) is 0.946. The highest BCUT2D eigenvalue weighted by Crippen LogP contribution is 2.33. The summed E-state index contributed by atoms with van der Waals surface area (Å²) in [5.74, 6) is 1.21. The second-order valence-corrected chi connectivity index (χ2v) is 5.30. The number of amides is 1. The molecule has 5 nitrogen and oxygen atoms in total. The van der Waals surface area contributed by atoms with E-state index in [-0.39, 0.29) is 12.3 Å². The fraction of sp³-hybridized carbons (Fsp3) is 0.222. The molecule has 3 rings (SSSR count). The summed E-state index contributed by atoms with van der Waals surface area (Å²) in [5, 5.41) is 11.8. The molecule has 0 spiro atoms. The number of hydrogen-bond acceptors (Lipinski definition) is 4. The fourth-order valence-corrected chi connectivity index (χ4v) is 2.48. The highest BCUT2D eigenvalue weighted by molar-refractivity contribution is 5.93. The molecule has 116 valence electrons. The first-order valence-corrected chi connectivity index (χ1v) is 7.35. The van der Waals surface area contributed by atoms with Crippen LogP contribution in [0.25, 0.3) is 0 Å². The van der Waals surface area contributed by atoms with Crippen LogP contribution >= 0.6 is 0 Å². The van der Waals surface area contributed by atoms with Crippen LogP contribution in [0.15, 0.2) is 36.4 Å². The Kier molecular flexibility index (Phi) is 4.15. The van der Waals surface area contributed by atoms with Crippen LogP contribution in [0.1, 0.15) is 16.7 Å². The molecule has 1 N–H and O–H groups in total. The van der Waals surface area contributed by atoms with Crippen LogP contribution in [0.5, 0.6) is 11.5 Å². The number of nitrogens with one attached hydrogen (secondary N) is 1. The first-order valence-electron chi connectivity index (χ1n) is 7.35. The summed E-state index contributed by atoms with van der Waals surface area (Å²) < 4.78 is 11.1. The van der Waals surface area contributed by atoms with Crippen molar-refractivity contribution < 1.29 is 14.3 Å². The van der Waals surface area contributed by atoms with E-state index in [1.165, 1.54) is 0 Å². The third-order valence-electron chi connectivity index (χ3n) is 3.67. The Morgan fingerprint density at radius 3 is 2.65 bits per heavy atom. The van der Waals surface area contributed by atoms with Gasteiger partial charge in [0.25, 0.3) is 0 Å². The number of nitriles is 1. The normalized spacial score (nSPS) is 12.3. The van der Waals surface area contributed by atoms with Crippen molar-refractivity contribution in [2.45, 2.75) is 13.3 Å². The molecule has 0 aromatic heterocycles. The Labute approximate surface area is 134 Å². The Balaban J connectivity index is 1.77. The summed E-state index contributed by atoms with van der Waals surface area (Å²) in [7, 11) is 0. The van der Waals surface area contributed by atoms with Gasteiger partial charge in [-0.2, -0.15) is 5.26 Å². The van der Waals surface area contributed by atoms with Crippen LogP contribution in [0.3, 0.4) is 0 Å². The van der Waals surface area contributed by atoms with E-state index in [0.717, 1.165) is 11.1 Å². The van der Waals surface area contributed by atoms with Gasteiger partial charge in [0.2, 0.25) is 5.91 Å². The number of ether oxygens (including phenoxy) is 2. The molecule has 2 aromatic carbocycles. The topological polar surface area (TPSA) is 71.4 Å². The zero-order valence-electron chi connectivity index (χ0n) is 12.8. The van der Waals surface area contributed by atoms with E-state index in [1.807, 2.05) is 19.1 Å². The molecular weight excluding hydrogens is 292 g/mol. The molecule has 2 aromatic rings. The van der Waals surface area contributed by atoms with Gasteiger partial charge in [-0.05, 0) is 42.3 Å². The van der Waals surface area contributed by atoms with Crippen molar-refractivity contribution in [3.63, 3.8) is 0 Å². The van der Waals surface area contributed by atoms with Crippen molar-refractivity contribution in [3.05, 3.63) is 53.1 Å². The maximum Gasteiger partial charge on any atom is 0.228 e. The number of anilines is 1. The summed E-state index contributed by atoms with van der Waals surface area (Å²) in [6, 6.07) is 12.7. The number of aryl methyl sites for hydroxylation is 1. The van der Waals surface area contributed by atoms with Gasteiger partial charge in [-0.1, -0.05) is 12.1 Å². The van der Waals surface area contributed by atoms with Crippen molar-refractivity contribution in [2.24, 2.45) is 0 Å². The molecule has 1 aliphatic heterocycles. The van der Waals surface area contributed by atoms with Crippen LogP contribution in [-0.2, 0) is 11.2 Å². The SMILES string of the molecule is Cc1cc2c(cc1CC(=O)Nc1ccccc1C#N)OCCO2. The Hall–Kier alpha value is -3.00. The van der Waals surface area contributed by atoms with Gasteiger partial charge in [-0.3, -0.25) is 4.79 Å². The van der Waals surface area contributed by atoms with Gasteiger partial charge in [0.15, 0.2) is 11.5 Å². The van der Waals surface area contributed by atoms with Crippen molar-refractivity contribution in [1.29, 1.82) is 5.26 Å². The minimum atomic E-state index is -0.174. The number of hydrogen-bond donors (Lipinski definition) is 1. The number of para-hydroxylation sites is 1. The van der Waals surface area contributed by atoms with E-state index < -0.39 is 0 Å². The molecule has 1 aliphatic rings. The molecular formula is C18H16N2O3. The first-order chi connectivity index (χ1) is 11.2. The van der Waals surface area contributed by atoms with E-state index >= 15 is 0 Å². The lowest BCUT2D eigenvalue weighted by molar-refractivity contribution is -0.115. The van der Waals surface area contributed by atoms with E-state index in [0.29, 0.717) is 36.0 Å². The minimum Gasteiger partial charge on any atom is -0.486 e. The third kappa shape index (κ3) is 3.27. The predicted molar refractivity (Wildman–Crippen MR) is 85.7 cm³/mol. The first kappa shape index (κ1) is 14.9. The zero-order valence-corrected chi connectivity index (χ0v) is 12.8. The zero-order chi connectivity index (χ0) is 16.2. The average Bonchev–Trinajstić information content (AvgIpc) is 2.56. The predicted octanol–water partition coefficient (Wildman–Crippen LogP) is 2.82. The third-order valence-corrected chi connectivity index (χ3v) is 3.67. The molecule has 0 radical (unpaired) electrons. The molecule has 0 unspecified atom stereocenters. The number of carbonyl (C=O) groups is 1. The van der Waals surface area contributed by atoms with E-state index in [9.17, 15) is 4.79 Å². The summed E-state index contributed by atoms with van der Waals surface area (Å²) in [6.07, 6.45) is 0.211. The number of benzene rings is 2. The van der Waals surface area contributed by atoms with Gasteiger partial charge in [0.05, 0.1) is 17.7 Å². The molecule has 0 atom stereocenters. The maximum atomic E-state index is 12.3. The summed E-state index contributed by atoms with van der Waals surface area (Å²) >= 11 is 0. The van der Waals surface area contributed by atoms with Crippen molar-refractivity contribution in [2.75, 3.05) is 18.5 Å². The Morgan fingerprint density at radius 2 is 1.91 bits per heavy atom. The maximum absolute atomic E-state index is 12.3. The average molecular weight is 308 g/mol. The minimum absolute atomic E-state index is 0.174. The molecule has 1 heterocycles.